The third kappa shape index (κ3) is 1.87. The quantitative estimate of drug-likeness (QED) is 0.689. The normalized spacial score (nSPS) is 13.6. The van der Waals surface area contributed by atoms with Crippen LogP contribution in [0.15, 0.2) is 54.2 Å². The second-order valence-electron chi connectivity index (χ2n) is 5.72. The van der Waals surface area contributed by atoms with Crippen LogP contribution in [0.2, 0.25) is 0 Å². The number of fused-ring (bicyclic) bond motifs is 2. The van der Waals surface area contributed by atoms with Crippen molar-refractivity contribution in [2.45, 2.75) is 19.8 Å². The third-order valence-corrected chi connectivity index (χ3v) is 4.17. The molecule has 3 aromatic rings. The number of hydrogen-bond acceptors (Lipinski definition) is 0. The van der Waals surface area contributed by atoms with Crippen molar-refractivity contribution in [3.8, 4) is 0 Å². The first kappa shape index (κ1) is 11.5. The van der Waals surface area contributed by atoms with E-state index in [1.165, 1.54) is 38.7 Å². The van der Waals surface area contributed by atoms with Gasteiger partial charge in [-0.15, -0.1) is 0 Å². The zero-order chi connectivity index (χ0) is 13.5. The lowest BCUT2D eigenvalue weighted by Crippen LogP contribution is -1.90. The highest BCUT2D eigenvalue weighted by molar-refractivity contribution is 5.83. The summed E-state index contributed by atoms with van der Waals surface area (Å²) in [7, 11) is 0. The molecule has 0 saturated heterocycles. The highest BCUT2D eigenvalue weighted by atomic mass is 14.7. The van der Waals surface area contributed by atoms with Crippen LogP contribution in [-0.4, -0.2) is 4.98 Å². The Balaban J connectivity index is 1.67. The van der Waals surface area contributed by atoms with Gasteiger partial charge in [0, 0.05) is 17.1 Å². The Bertz CT molecular complexity index is 821. The van der Waals surface area contributed by atoms with Gasteiger partial charge >= 0.3 is 0 Å². The molecule has 0 bridgehead atoms. The molecule has 0 radical (unpaired) electrons. The summed E-state index contributed by atoms with van der Waals surface area (Å²) in [4.78, 5) is 3.37. The number of hydrogen-bond donors (Lipinski definition) is 1. The van der Waals surface area contributed by atoms with Crippen LogP contribution in [0.25, 0.3) is 17.0 Å². The van der Waals surface area contributed by atoms with Crippen molar-refractivity contribution in [1.29, 1.82) is 0 Å². The summed E-state index contributed by atoms with van der Waals surface area (Å²) in [5.41, 5.74) is 8.35. The summed E-state index contributed by atoms with van der Waals surface area (Å²) in [6.07, 6.45) is 6.65. The number of nitrogens with one attached hydrogen (secondary N) is 1. The van der Waals surface area contributed by atoms with Gasteiger partial charge in [0.2, 0.25) is 0 Å². The predicted molar refractivity (Wildman–Crippen MR) is 84.9 cm³/mol. The van der Waals surface area contributed by atoms with Crippen LogP contribution in [0.1, 0.15) is 22.3 Å². The number of aromatic amines is 1. The van der Waals surface area contributed by atoms with E-state index in [-0.39, 0.29) is 0 Å². The van der Waals surface area contributed by atoms with Gasteiger partial charge in [-0.05, 0) is 42.5 Å². The maximum absolute atomic E-state index is 3.37. The van der Waals surface area contributed by atoms with Crippen LogP contribution in [-0.2, 0) is 12.8 Å². The molecule has 98 valence electrons. The molecular formula is C19H17N. The van der Waals surface area contributed by atoms with Gasteiger partial charge < -0.3 is 4.98 Å². The van der Waals surface area contributed by atoms with Crippen LogP contribution in [0.4, 0.5) is 0 Å². The van der Waals surface area contributed by atoms with Crippen molar-refractivity contribution >= 4 is 17.0 Å². The van der Waals surface area contributed by atoms with Crippen LogP contribution < -0.4 is 0 Å². The van der Waals surface area contributed by atoms with E-state index in [4.69, 9.17) is 0 Å². The monoisotopic (exact) mass is 259 g/mol. The number of H-pyrrole nitrogens is 1. The van der Waals surface area contributed by atoms with E-state index in [2.05, 4.69) is 66.6 Å². The predicted octanol–water partition coefficient (Wildman–Crippen LogP) is 4.66. The molecule has 0 spiro atoms. The van der Waals surface area contributed by atoms with Crippen molar-refractivity contribution in [3.05, 3.63) is 76.5 Å². The molecule has 1 aliphatic rings. The molecule has 1 N–H and O–H groups in total. The Morgan fingerprint density at radius 2 is 2.00 bits per heavy atom. The Kier molecular flexibility index (Phi) is 2.53. The van der Waals surface area contributed by atoms with Crippen LogP contribution in [0.3, 0.4) is 0 Å². The molecule has 1 aromatic heterocycles. The lowest BCUT2D eigenvalue weighted by atomic mass is 10.0. The Morgan fingerprint density at radius 1 is 1.10 bits per heavy atom. The lowest BCUT2D eigenvalue weighted by Gasteiger charge is -2.01. The molecule has 1 nitrogen and oxygen atoms in total. The topological polar surface area (TPSA) is 15.8 Å². The van der Waals surface area contributed by atoms with Gasteiger partial charge in [0.25, 0.3) is 0 Å². The van der Waals surface area contributed by atoms with Crippen molar-refractivity contribution in [2.24, 2.45) is 0 Å². The van der Waals surface area contributed by atoms with E-state index in [0.717, 1.165) is 12.8 Å². The van der Waals surface area contributed by atoms with Crippen LogP contribution in [0.5, 0.6) is 0 Å². The van der Waals surface area contributed by atoms with Crippen LogP contribution >= 0.6 is 0 Å². The largest absolute Gasteiger partial charge is 0.361 e. The van der Waals surface area contributed by atoms with E-state index < -0.39 is 0 Å². The number of allylic oxidation sites excluding steroid dienone is 1. The molecule has 2 aromatic carbocycles. The molecular weight excluding hydrogens is 242 g/mol. The van der Waals surface area contributed by atoms with Crippen molar-refractivity contribution < 1.29 is 0 Å². The minimum Gasteiger partial charge on any atom is -0.361 e. The maximum atomic E-state index is 3.37. The molecule has 0 saturated carbocycles. The van der Waals surface area contributed by atoms with Gasteiger partial charge in [0.05, 0.1) is 0 Å². The molecule has 0 amide bonds. The molecule has 20 heavy (non-hydrogen) atoms. The molecule has 0 aliphatic heterocycles. The molecule has 1 heteroatoms. The first-order valence-corrected chi connectivity index (χ1v) is 7.13. The standard InChI is InChI=1S/C19H17N/c1-13-6-7-15-9-14(10-16(15)8-13)11-17-12-20-19-5-3-2-4-18(17)19/h2-8,10,12,20H,9,11H2,1H3. The molecule has 4 rings (SSSR count). The zero-order valence-electron chi connectivity index (χ0n) is 11.6. The second kappa shape index (κ2) is 4.38. The number of rotatable bonds is 2. The molecule has 1 aliphatic carbocycles. The average molecular weight is 259 g/mol. The molecule has 0 unspecified atom stereocenters. The third-order valence-electron chi connectivity index (χ3n) is 4.17. The number of para-hydroxylation sites is 1. The van der Waals surface area contributed by atoms with Crippen LogP contribution in [0, 0.1) is 6.92 Å². The smallest absolute Gasteiger partial charge is 0.0456 e. The van der Waals surface area contributed by atoms with Gasteiger partial charge in [-0.25, -0.2) is 0 Å². The Morgan fingerprint density at radius 3 is 2.95 bits per heavy atom. The number of aromatic nitrogens is 1. The molecule has 0 atom stereocenters. The highest BCUT2D eigenvalue weighted by Crippen LogP contribution is 2.29. The van der Waals surface area contributed by atoms with Gasteiger partial charge in [0.15, 0.2) is 0 Å². The van der Waals surface area contributed by atoms with Gasteiger partial charge in [-0.3, -0.25) is 0 Å². The fourth-order valence-corrected chi connectivity index (χ4v) is 3.16. The van der Waals surface area contributed by atoms with Gasteiger partial charge in [-0.1, -0.05) is 53.6 Å². The van der Waals surface area contributed by atoms with E-state index >= 15 is 0 Å². The molecule has 1 heterocycles. The molecule has 0 fully saturated rings. The summed E-state index contributed by atoms with van der Waals surface area (Å²) < 4.78 is 0. The van der Waals surface area contributed by atoms with Crippen molar-refractivity contribution in [2.75, 3.05) is 0 Å². The summed E-state index contributed by atoms with van der Waals surface area (Å²) in [6, 6.07) is 15.3. The SMILES string of the molecule is Cc1ccc2c(c1)C=C(Cc1c[nH]c3ccccc13)C2. The van der Waals surface area contributed by atoms with Crippen molar-refractivity contribution in [3.63, 3.8) is 0 Å². The van der Waals surface area contributed by atoms with E-state index in [0.29, 0.717) is 0 Å². The van der Waals surface area contributed by atoms with E-state index in [9.17, 15) is 0 Å². The second-order valence-corrected chi connectivity index (χ2v) is 5.72. The fourth-order valence-electron chi connectivity index (χ4n) is 3.16. The minimum absolute atomic E-state index is 1.04. The summed E-state index contributed by atoms with van der Waals surface area (Å²) in [6.45, 7) is 2.16. The maximum Gasteiger partial charge on any atom is 0.0456 e. The highest BCUT2D eigenvalue weighted by Gasteiger charge is 2.14. The first-order valence-electron chi connectivity index (χ1n) is 7.13. The minimum atomic E-state index is 1.04. The van der Waals surface area contributed by atoms with Gasteiger partial charge in [0.1, 0.15) is 0 Å². The van der Waals surface area contributed by atoms with E-state index in [1.807, 2.05) is 0 Å². The van der Waals surface area contributed by atoms with E-state index in [1.54, 1.807) is 0 Å². The van der Waals surface area contributed by atoms with Crippen molar-refractivity contribution in [1.82, 2.24) is 4.98 Å². The first-order chi connectivity index (χ1) is 9.79. The summed E-state index contributed by atoms with van der Waals surface area (Å²) in [5.74, 6) is 0. The summed E-state index contributed by atoms with van der Waals surface area (Å²) in [5, 5.41) is 1.35. The zero-order valence-corrected chi connectivity index (χ0v) is 11.6. The summed E-state index contributed by atoms with van der Waals surface area (Å²) >= 11 is 0. The lowest BCUT2D eigenvalue weighted by molar-refractivity contribution is 1.08. The Labute approximate surface area is 119 Å². The Hall–Kier alpha value is -2.28. The number of benzene rings is 2. The number of aryl methyl sites for hydroxylation is 1. The fraction of sp³-hybridized carbons (Fsp3) is 0.158. The van der Waals surface area contributed by atoms with Gasteiger partial charge in [-0.2, -0.15) is 0 Å². The average Bonchev–Trinajstić information content (AvgIpc) is 3.03.